The summed E-state index contributed by atoms with van der Waals surface area (Å²) in [6.07, 6.45) is 2.61. The van der Waals surface area contributed by atoms with Gasteiger partial charge in [0.25, 0.3) is 0 Å². The van der Waals surface area contributed by atoms with Gasteiger partial charge < -0.3 is 0 Å². The summed E-state index contributed by atoms with van der Waals surface area (Å²) in [4.78, 5) is 0.316. The Hall–Kier alpha value is -1.87. The summed E-state index contributed by atoms with van der Waals surface area (Å²) in [5.74, 6) is 0. The Kier molecular flexibility index (Phi) is 4.17. The fraction of sp³-hybridized carbons (Fsp3) is 0.125. The lowest BCUT2D eigenvalue weighted by atomic mass is 10.1. The zero-order valence-electron chi connectivity index (χ0n) is 10.8. The van der Waals surface area contributed by atoms with Gasteiger partial charge in [0.05, 0.1) is 4.90 Å². The van der Waals surface area contributed by atoms with Crippen molar-refractivity contribution in [2.75, 3.05) is 0 Å². The highest BCUT2D eigenvalue weighted by molar-refractivity contribution is 7.94. The standard InChI is InChI=1S/C16H16O2S/c1-2-14-8-10-15(11-9-14)12-13-19(17,18)16-6-4-3-5-7-16/h3-13H,2H2,1H3. The lowest BCUT2D eigenvalue weighted by Gasteiger charge is -1.99. The van der Waals surface area contributed by atoms with Crippen molar-refractivity contribution in [3.05, 3.63) is 71.1 Å². The first kappa shape index (κ1) is 13.6. The number of sulfone groups is 1. The highest BCUT2D eigenvalue weighted by atomic mass is 32.2. The lowest BCUT2D eigenvalue weighted by molar-refractivity contribution is 0.605. The van der Waals surface area contributed by atoms with Gasteiger partial charge in [-0.1, -0.05) is 49.4 Å². The number of hydrogen-bond acceptors (Lipinski definition) is 2. The molecule has 0 spiro atoms. The van der Waals surface area contributed by atoms with Crippen LogP contribution in [-0.4, -0.2) is 8.42 Å². The molecular weight excluding hydrogens is 256 g/mol. The Labute approximate surface area is 114 Å². The third-order valence-corrected chi connectivity index (χ3v) is 4.32. The number of benzene rings is 2. The first-order valence-electron chi connectivity index (χ1n) is 6.19. The molecule has 0 saturated heterocycles. The monoisotopic (exact) mass is 272 g/mol. The van der Waals surface area contributed by atoms with Crippen molar-refractivity contribution in [1.29, 1.82) is 0 Å². The second-order valence-electron chi connectivity index (χ2n) is 4.26. The summed E-state index contributed by atoms with van der Waals surface area (Å²) >= 11 is 0. The van der Waals surface area contributed by atoms with Gasteiger partial charge in [0.1, 0.15) is 0 Å². The number of rotatable bonds is 4. The molecule has 0 saturated carbocycles. The third-order valence-electron chi connectivity index (χ3n) is 2.90. The van der Waals surface area contributed by atoms with Crippen LogP contribution in [0.15, 0.2) is 64.9 Å². The normalized spacial score (nSPS) is 11.8. The van der Waals surface area contributed by atoms with Crippen molar-refractivity contribution in [1.82, 2.24) is 0 Å². The van der Waals surface area contributed by atoms with Crippen LogP contribution in [0.1, 0.15) is 18.1 Å². The topological polar surface area (TPSA) is 34.1 Å². The highest BCUT2D eigenvalue weighted by Gasteiger charge is 2.08. The van der Waals surface area contributed by atoms with Crippen LogP contribution in [-0.2, 0) is 16.3 Å². The van der Waals surface area contributed by atoms with Gasteiger partial charge in [-0.15, -0.1) is 0 Å². The van der Waals surface area contributed by atoms with Crippen LogP contribution in [0.4, 0.5) is 0 Å². The Bertz CT molecular complexity index is 654. The molecule has 0 heterocycles. The number of hydrogen-bond donors (Lipinski definition) is 0. The van der Waals surface area contributed by atoms with Crippen molar-refractivity contribution in [2.45, 2.75) is 18.2 Å². The van der Waals surface area contributed by atoms with Crippen molar-refractivity contribution in [3.63, 3.8) is 0 Å². The molecule has 0 aliphatic heterocycles. The van der Waals surface area contributed by atoms with Crippen molar-refractivity contribution >= 4 is 15.9 Å². The van der Waals surface area contributed by atoms with E-state index < -0.39 is 9.84 Å². The first-order valence-corrected chi connectivity index (χ1v) is 7.73. The fourth-order valence-electron chi connectivity index (χ4n) is 1.72. The molecule has 2 nitrogen and oxygen atoms in total. The van der Waals surface area contributed by atoms with E-state index in [4.69, 9.17) is 0 Å². The van der Waals surface area contributed by atoms with Gasteiger partial charge in [0.2, 0.25) is 0 Å². The van der Waals surface area contributed by atoms with E-state index in [0.717, 1.165) is 12.0 Å². The average molecular weight is 272 g/mol. The quantitative estimate of drug-likeness (QED) is 0.850. The summed E-state index contributed by atoms with van der Waals surface area (Å²) in [6, 6.07) is 16.3. The van der Waals surface area contributed by atoms with Crippen LogP contribution in [0.5, 0.6) is 0 Å². The molecule has 0 aliphatic rings. The molecule has 0 bridgehead atoms. The Morgan fingerprint density at radius 2 is 1.58 bits per heavy atom. The van der Waals surface area contributed by atoms with Crippen LogP contribution in [0.25, 0.3) is 6.08 Å². The maximum Gasteiger partial charge on any atom is 0.199 e. The van der Waals surface area contributed by atoms with Gasteiger partial charge in [-0.3, -0.25) is 0 Å². The summed E-state index contributed by atoms with van der Waals surface area (Å²) in [6.45, 7) is 2.09. The highest BCUT2D eigenvalue weighted by Crippen LogP contribution is 2.14. The molecule has 2 aromatic carbocycles. The molecular formula is C16H16O2S. The zero-order chi connectivity index (χ0) is 13.7. The van der Waals surface area contributed by atoms with Crippen molar-refractivity contribution in [3.8, 4) is 0 Å². The van der Waals surface area contributed by atoms with Crippen LogP contribution >= 0.6 is 0 Å². The van der Waals surface area contributed by atoms with Crippen molar-refractivity contribution in [2.24, 2.45) is 0 Å². The fourth-order valence-corrected chi connectivity index (χ4v) is 2.75. The zero-order valence-corrected chi connectivity index (χ0v) is 11.6. The minimum absolute atomic E-state index is 0.316. The molecule has 0 aliphatic carbocycles. The third kappa shape index (κ3) is 3.55. The van der Waals surface area contributed by atoms with E-state index in [9.17, 15) is 8.42 Å². The first-order chi connectivity index (χ1) is 9.12. The van der Waals surface area contributed by atoms with Gasteiger partial charge in [-0.2, -0.15) is 0 Å². The molecule has 98 valence electrons. The second-order valence-corrected chi connectivity index (χ2v) is 6.09. The van der Waals surface area contributed by atoms with Gasteiger partial charge in [-0.25, -0.2) is 8.42 Å². The van der Waals surface area contributed by atoms with E-state index in [1.54, 1.807) is 36.4 Å². The van der Waals surface area contributed by atoms with E-state index in [1.807, 2.05) is 24.3 Å². The maximum atomic E-state index is 12.0. The Balaban J connectivity index is 2.22. The molecule has 3 heteroatoms. The molecule has 0 aromatic heterocycles. The van der Waals surface area contributed by atoms with E-state index in [0.29, 0.717) is 4.90 Å². The van der Waals surface area contributed by atoms with Gasteiger partial charge in [0, 0.05) is 5.41 Å². The SMILES string of the molecule is CCc1ccc(C=CS(=O)(=O)c2ccccc2)cc1. The molecule has 2 rings (SSSR count). The van der Waals surface area contributed by atoms with Crippen molar-refractivity contribution < 1.29 is 8.42 Å². The van der Waals surface area contributed by atoms with E-state index in [-0.39, 0.29) is 0 Å². The molecule has 0 atom stereocenters. The van der Waals surface area contributed by atoms with E-state index in [1.165, 1.54) is 11.0 Å². The Morgan fingerprint density at radius 3 is 2.16 bits per heavy atom. The second kappa shape index (κ2) is 5.85. The maximum absolute atomic E-state index is 12.0. The predicted octanol–water partition coefficient (Wildman–Crippen LogP) is 3.69. The summed E-state index contributed by atoms with van der Waals surface area (Å²) in [5.41, 5.74) is 2.12. The average Bonchev–Trinajstić information content (AvgIpc) is 2.47. The molecule has 0 amide bonds. The molecule has 0 N–H and O–H groups in total. The summed E-state index contributed by atoms with van der Waals surface area (Å²) in [7, 11) is -3.35. The molecule has 2 aromatic rings. The van der Waals surface area contributed by atoms with Crippen LogP contribution in [0.2, 0.25) is 0 Å². The van der Waals surface area contributed by atoms with Gasteiger partial charge in [0.15, 0.2) is 9.84 Å². The Morgan fingerprint density at radius 1 is 0.947 bits per heavy atom. The molecule has 0 fully saturated rings. The molecule has 0 radical (unpaired) electrons. The molecule has 0 unspecified atom stereocenters. The summed E-state index contributed by atoms with van der Waals surface area (Å²) in [5, 5.41) is 1.25. The predicted molar refractivity (Wildman–Crippen MR) is 78.5 cm³/mol. The van der Waals surface area contributed by atoms with Gasteiger partial charge >= 0.3 is 0 Å². The van der Waals surface area contributed by atoms with Gasteiger partial charge in [-0.05, 0) is 35.8 Å². The largest absolute Gasteiger partial charge is 0.219 e. The number of aryl methyl sites for hydroxylation is 1. The van der Waals surface area contributed by atoms with Crippen LogP contribution in [0, 0.1) is 0 Å². The molecule has 19 heavy (non-hydrogen) atoms. The smallest absolute Gasteiger partial charge is 0.199 e. The van der Waals surface area contributed by atoms with E-state index >= 15 is 0 Å². The van der Waals surface area contributed by atoms with Crippen LogP contribution < -0.4 is 0 Å². The minimum atomic E-state index is -3.35. The summed E-state index contributed by atoms with van der Waals surface area (Å²) < 4.78 is 24.1. The van der Waals surface area contributed by atoms with Crippen LogP contribution in [0.3, 0.4) is 0 Å². The minimum Gasteiger partial charge on any atom is -0.219 e. The lowest BCUT2D eigenvalue weighted by Crippen LogP contribution is -1.95. The van der Waals surface area contributed by atoms with E-state index in [2.05, 4.69) is 6.92 Å².